The van der Waals surface area contributed by atoms with Gasteiger partial charge in [-0.1, -0.05) is 24.3 Å². The Labute approximate surface area is 124 Å². The van der Waals surface area contributed by atoms with Crippen molar-refractivity contribution in [1.82, 2.24) is 4.98 Å². The van der Waals surface area contributed by atoms with E-state index in [9.17, 15) is 9.90 Å². The van der Waals surface area contributed by atoms with E-state index in [0.717, 1.165) is 29.4 Å². The monoisotopic (exact) mass is 284 g/mol. The number of hydrogen-bond donors (Lipinski definition) is 1. The van der Waals surface area contributed by atoms with Crippen LogP contribution in [0.2, 0.25) is 0 Å². The fraction of sp³-hybridized carbons (Fsp3) is 0.412. The molecule has 0 bridgehead atoms. The highest BCUT2D eigenvalue weighted by molar-refractivity contribution is 6.06. The average Bonchev–Trinajstić information content (AvgIpc) is 2.46. The van der Waals surface area contributed by atoms with Crippen molar-refractivity contribution < 1.29 is 9.90 Å². The van der Waals surface area contributed by atoms with Gasteiger partial charge in [0.05, 0.1) is 5.56 Å². The third kappa shape index (κ3) is 2.35. The summed E-state index contributed by atoms with van der Waals surface area (Å²) < 4.78 is 0. The van der Waals surface area contributed by atoms with E-state index in [1.807, 2.05) is 24.3 Å². The number of nitrogens with zero attached hydrogens (tertiary/aromatic N) is 2. The fourth-order valence-electron chi connectivity index (χ4n) is 3.39. The maximum Gasteiger partial charge on any atom is 0.337 e. The van der Waals surface area contributed by atoms with Crippen molar-refractivity contribution in [2.45, 2.75) is 45.2 Å². The van der Waals surface area contributed by atoms with Crippen LogP contribution in [-0.2, 0) is 0 Å². The van der Waals surface area contributed by atoms with Gasteiger partial charge in [0, 0.05) is 29.1 Å². The molecule has 1 aliphatic heterocycles. The molecule has 21 heavy (non-hydrogen) atoms. The van der Waals surface area contributed by atoms with Crippen LogP contribution in [0.1, 0.15) is 43.5 Å². The van der Waals surface area contributed by atoms with Crippen LogP contribution in [0.3, 0.4) is 0 Å². The van der Waals surface area contributed by atoms with Gasteiger partial charge >= 0.3 is 5.97 Å². The number of carboxylic acids is 1. The van der Waals surface area contributed by atoms with Gasteiger partial charge in [0.25, 0.3) is 0 Å². The number of hydrogen-bond acceptors (Lipinski definition) is 3. The Morgan fingerprint density at radius 2 is 1.81 bits per heavy atom. The summed E-state index contributed by atoms with van der Waals surface area (Å²) in [5.41, 5.74) is 0.270. The number of aromatic nitrogens is 1. The molecular formula is C17H20N2O2. The Balaban J connectivity index is 2.20. The van der Waals surface area contributed by atoms with Crippen LogP contribution in [0.5, 0.6) is 0 Å². The van der Waals surface area contributed by atoms with Crippen LogP contribution in [0.15, 0.2) is 30.5 Å². The van der Waals surface area contributed by atoms with E-state index in [1.54, 1.807) is 0 Å². The molecule has 1 aliphatic rings. The van der Waals surface area contributed by atoms with Gasteiger partial charge in [0.2, 0.25) is 0 Å². The second kappa shape index (κ2) is 5.35. The molecule has 4 nitrogen and oxygen atoms in total. The number of piperidine rings is 1. The predicted octanol–water partition coefficient (Wildman–Crippen LogP) is 3.70. The van der Waals surface area contributed by atoms with Crippen molar-refractivity contribution >= 4 is 22.6 Å². The van der Waals surface area contributed by atoms with Gasteiger partial charge < -0.3 is 10.0 Å². The summed E-state index contributed by atoms with van der Waals surface area (Å²) in [6.07, 6.45) is 5.04. The molecule has 1 aromatic carbocycles. The van der Waals surface area contributed by atoms with Gasteiger partial charge in [-0.25, -0.2) is 9.78 Å². The SMILES string of the molecule is CC1CCCC(C)N1c1ncc(C(=O)O)c2ccccc12. The predicted molar refractivity (Wildman–Crippen MR) is 84.0 cm³/mol. The van der Waals surface area contributed by atoms with Crippen LogP contribution >= 0.6 is 0 Å². The van der Waals surface area contributed by atoms with E-state index in [0.29, 0.717) is 12.1 Å². The maximum atomic E-state index is 11.4. The first-order valence-electron chi connectivity index (χ1n) is 7.49. The van der Waals surface area contributed by atoms with Gasteiger partial charge in [-0.2, -0.15) is 0 Å². The molecule has 3 rings (SSSR count). The summed E-state index contributed by atoms with van der Waals surface area (Å²) in [4.78, 5) is 18.2. The first kappa shape index (κ1) is 13.9. The molecule has 110 valence electrons. The molecule has 2 heterocycles. The summed E-state index contributed by atoms with van der Waals surface area (Å²) in [6, 6.07) is 8.52. The molecule has 1 fully saturated rings. The zero-order valence-corrected chi connectivity index (χ0v) is 12.4. The molecular weight excluding hydrogens is 264 g/mol. The number of carbonyl (C=O) groups is 1. The first-order chi connectivity index (χ1) is 10.1. The molecule has 0 amide bonds. The van der Waals surface area contributed by atoms with Crippen molar-refractivity contribution in [2.24, 2.45) is 0 Å². The van der Waals surface area contributed by atoms with Crippen LogP contribution in [-0.4, -0.2) is 28.1 Å². The van der Waals surface area contributed by atoms with Gasteiger partial charge in [0.15, 0.2) is 0 Å². The van der Waals surface area contributed by atoms with E-state index in [1.165, 1.54) is 12.6 Å². The Hall–Kier alpha value is -2.10. The van der Waals surface area contributed by atoms with E-state index >= 15 is 0 Å². The van der Waals surface area contributed by atoms with Crippen LogP contribution in [0, 0.1) is 0 Å². The van der Waals surface area contributed by atoms with Gasteiger partial charge in [-0.3, -0.25) is 0 Å². The molecule has 1 N–H and O–H groups in total. The normalized spacial score (nSPS) is 22.5. The van der Waals surface area contributed by atoms with E-state index in [2.05, 4.69) is 23.7 Å². The van der Waals surface area contributed by atoms with Crippen molar-refractivity contribution in [3.8, 4) is 0 Å². The number of fused-ring (bicyclic) bond motifs is 1. The zero-order valence-electron chi connectivity index (χ0n) is 12.4. The number of aromatic carboxylic acids is 1. The standard InChI is InChI=1S/C17H20N2O2/c1-11-6-5-7-12(2)19(11)16-14-9-4-3-8-13(14)15(10-18-16)17(20)21/h3-4,8-12H,5-7H2,1-2H3,(H,20,21). The maximum absolute atomic E-state index is 11.4. The molecule has 2 unspecified atom stereocenters. The second-order valence-electron chi connectivity index (χ2n) is 5.88. The summed E-state index contributed by atoms with van der Waals surface area (Å²) in [6.45, 7) is 4.44. The quantitative estimate of drug-likeness (QED) is 0.913. The third-order valence-electron chi connectivity index (χ3n) is 4.44. The minimum atomic E-state index is -0.926. The van der Waals surface area contributed by atoms with Crippen LogP contribution in [0.25, 0.3) is 10.8 Å². The number of pyridine rings is 1. The zero-order chi connectivity index (χ0) is 15.0. The minimum Gasteiger partial charge on any atom is -0.478 e. The van der Waals surface area contributed by atoms with Gasteiger partial charge in [0.1, 0.15) is 5.82 Å². The average molecular weight is 284 g/mol. The first-order valence-corrected chi connectivity index (χ1v) is 7.49. The number of anilines is 1. The van der Waals surface area contributed by atoms with Crippen molar-refractivity contribution in [3.63, 3.8) is 0 Å². The lowest BCUT2D eigenvalue weighted by Crippen LogP contribution is -2.44. The molecule has 0 spiro atoms. The molecule has 4 heteroatoms. The number of benzene rings is 1. The van der Waals surface area contributed by atoms with Crippen molar-refractivity contribution in [2.75, 3.05) is 4.90 Å². The number of rotatable bonds is 2. The smallest absolute Gasteiger partial charge is 0.337 e. The molecule has 0 radical (unpaired) electrons. The highest BCUT2D eigenvalue weighted by atomic mass is 16.4. The van der Waals surface area contributed by atoms with E-state index in [4.69, 9.17) is 0 Å². The largest absolute Gasteiger partial charge is 0.478 e. The molecule has 2 atom stereocenters. The van der Waals surface area contributed by atoms with Crippen LogP contribution < -0.4 is 4.90 Å². The molecule has 0 saturated carbocycles. The van der Waals surface area contributed by atoms with Gasteiger partial charge in [-0.15, -0.1) is 0 Å². The summed E-state index contributed by atoms with van der Waals surface area (Å²) in [5, 5.41) is 11.0. The topological polar surface area (TPSA) is 53.4 Å². The molecule has 1 saturated heterocycles. The highest BCUT2D eigenvalue weighted by Gasteiger charge is 2.27. The lowest BCUT2D eigenvalue weighted by atomic mass is 9.96. The van der Waals surface area contributed by atoms with E-state index in [-0.39, 0.29) is 5.56 Å². The fourth-order valence-corrected chi connectivity index (χ4v) is 3.39. The Morgan fingerprint density at radius 3 is 2.43 bits per heavy atom. The number of carboxylic acid groups (broad SMARTS) is 1. The lowest BCUT2D eigenvalue weighted by molar-refractivity contribution is 0.0698. The van der Waals surface area contributed by atoms with Crippen molar-refractivity contribution in [1.29, 1.82) is 0 Å². The third-order valence-corrected chi connectivity index (χ3v) is 4.44. The van der Waals surface area contributed by atoms with Gasteiger partial charge in [-0.05, 0) is 33.1 Å². The minimum absolute atomic E-state index is 0.270. The summed E-state index contributed by atoms with van der Waals surface area (Å²) >= 11 is 0. The Morgan fingerprint density at radius 1 is 1.19 bits per heavy atom. The summed E-state index contributed by atoms with van der Waals surface area (Å²) in [7, 11) is 0. The second-order valence-corrected chi connectivity index (χ2v) is 5.88. The Bertz CT molecular complexity index is 674. The Kier molecular flexibility index (Phi) is 3.53. The van der Waals surface area contributed by atoms with Crippen LogP contribution in [0.4, 0.5) is 5.82 Å². The molecule has 0 aliphatic carbocycles. The van der Waals surface area contributed by atoms with Crippen molar-refractivity contribution in [3.05, 3.63) is 36.0 Å². The highest BCUT2D eigenvalue weighted by Crippen LogP contribution is 2.33. The van der Waals surface area contributed by atoms with E-state index < -0.39 is 5.97 Å². The summed E-state index contributed by atoms with van der Waals surface area (Å²) in [5.74, 6) is -0.0136. The molecule has 1 aromatic heterocycles. The lowest BCUT2D eigenvalue weighted by Gasteiger charge is -2.40. The molecule has 2 aromatic rings.